The lowest BCUT2D eigenvalue weighted by Gasteiger charge is -2.21. The highest BCUT2D eigenvalue weighted by molar-refractivity contribution is 7.89. The van der Waals surface area contributed by atoms with Gasteiger partial charge in [-0.25, -0.2) is 13.2 Å². The lowest BCUT2D eigenvalue weighted by Crippen LogP contribution is -2.40. The molecule has 7 nitrogen and oxygen atoms in total. The van der Waals surface area contributed by atoms with Crippen LogP contribution >= 0.6 is 0 Å². The molecule has 8 heteroatoms. The van der Waals surface area contributed by atoms with Gasteiger partial charge in [-0.15, -0.1) is 0 Å². The molecule has 0 saturated carbocycles. The second-order valence-corrected chi connectivity index (χ2v) is 6.97. The smallest absolute Gasteiger partial charge is 0.338 e. The summed E-state index contributed by atoms with van der Waals surface area (Å²) >= 11 is 0. The zero-order valence-electron chi connectivity index (χ0n) is 12.3. The van der Waals surface area contributed by atoms with Gasteiger partial charge in [0.1, 0.15) is 6.04 Å². The van der Waals surface area contributed by atoms with Crippen molar-refractivity contribution < 1.29 is 27.9 Å². The van der Waals surface area contributed by atoms with E-state index in [1.54, 1.807) is 6.92 Å². The van der Waals surface area contributed by atoms with Crippen molar-refractivity contribution in [2.75, 3.05) is 13.7 Å². The number of aryl methyl sites for hydroxylation is 1. The summed E-state index contributed by atoms with van der Waals surface area (Å²) in [5.74, 6) is -1.70. The Kier molecular flexibility index (Phi) is 4.52. The predicted molar refractivity (Wildman–Crippen MR) is 77.1 cm³/mol. The molecule has 1 heterocycles. The number of hydrogen-bond donors (Lipinski definition) is 1. The van der Waals surface area contributed by atoms with E-state index in [-0.39, 0.29) is 17.0 Å². The molecule has 0 aromatic heterocycles. The van der Waals surface area contributed by atoms with Gasteiger partial charge in [0.05, 0.1) is 17.6 Å². The van der Waals surface area contributed by atoms with Gasteiger partial charge in [0.15, 0.2) is 0 Å². The first kappa shape index (κ1) is 16.4. The van der Waals surface area contributed by atoms with Gasteiger partial charge in [0.2, 0.25) is 10.0 Å². The van der Waals surface area contributed by atoms with Crippen LogP contribution in [0.4, 0.5) is 0 Å². The molecule has 120 valence electrons. The summed E-state index contributed by atoms with van der Waals surface area (Å²) in [6, 6.07) is 3.00. The van der Waals surface area contributed by atoms with Crippen molar-refractivity contribution in [1.29, 1.82) is 0 Å². The van der Waals surface area contributed by atoms with Gasteiger partial charge in [-0.3, -0.25) is 4.79 Å². The van der Waals surface area contributed by atoms with Crippen LogP contribution in [-0.2, 0) is 19.6 Å². The number of carboxylic acids is 1. The number of ether oxygens (including phenoxy) is 1. The first-order chi connectivity index (χ1) is 10.3. The van der Waals surface area contributed by atoms with Crippen molar-refractivity contribution in [3.8, 4) is 0 Å². The fourth-order valence-corrected chi connectivity index (χ4v) is 4.28. The van der Waals surface area contributed by atoms with Crippen LogP contribution in [0.2, 0.25) is 0 Å². The number of carbonyl (C=O) groups excluding carboxylic acids is 1. The number of esters is 1. The van der Waals surface area contributed by atoms with Crippen LogP contribution in [0, 0.1) is 6.92 Å². The average Bonchev–Trinajstić information content (AvgIpc) is 2.96. The van der Waals surface area contributed by atoms with E-state index >= 15 is 0 Å². The van der Waals surface area contributed by atoms with Crippen LogP contribution in [0.1, 0.15) is 28.8 Å². The quantitative estimate of drug-likeness (QED) is 0.829. The number of carboxylic acid groups (broad SMARTS) is 1. The minimum atomic E-state index is -3.90. The topological polar surface area (TPSA) is 101 Å². The van der Waals surface area contributed by atoms with Gasteiger partial charge >= 0.3 is 11.9 Å². The lowest BCUT2D eigenvalue weighted by atomic mass is 10.1. The molecule has 0 bridgehead atoms. The minimum absolute atomic E-state index is 0.0224. The summed E-state index contributed by atoms with van der Waals surface area (Å²) < 4.78 is 30.8. The molecular weight excluding hydrogens is 310 g/mol. The van der Waals surface area contributed by atoms with E-state index in [4.69, 9.17) is 5.11 Å². The predicted octanol–water partition coefficient (Wildman–Crippen LogP) is 1.02. The van der Waals surface area contributed by atoms with Gasteiger partial charge in [-0.05, 0) is 43.5 Å². The van der Waals surface area contributed by atoms with Crippen LogP contribution < -0.4 is 0 Å². The second kappa shape index (κ2) is 6.05. The Morgan fingerprint density at radius 3 is 2.59 bits per heavy atom. The van der Waals surface area contributed by atoms with Crippen molar-refractivity contribution in [3.05, 3.63) is 29.3 Å². The molecule has 0 amide bonds. The number of carbonyl (C=O) groups is 2. The van der Waals surface area contributed by atoms with Gasteiger partial charge in [-0.2, -0.15) is 4.31 Å². The minimum Gasteiger partial charge on any atom is -0.480 e. The molecule has 1 aliphatic rings. The number of rotatable bonds is 4. The molecule has 1 atom stereocenters. The molecule has 1 aliphatic heterocycles. The normalized spacial score (nSPS) is 19.1. The Morgan fingerprint density at radius 1 is 1.36 bits per heavy atom. The maximum atomic E-state index is 12.6. The van der Waals surface area contributed by atoms with E-state index in [1.807, 2.05) is 0 Å². The molecule has 0 unspecified atom stereocenters. The lowest BCUT2D eigenvalue weighted by molar-refractivity contribution is -0.140. The molecule has 1 saturated heterocycles. The maximum absolute atomic E-state index is 12.6. The third-order valence-corrected chi connectivity index (χ3v) is 5.60. The van der Waals surface area contributed by atoms with Gasteiger partial charge < -0.3 is 9.84 Å². The molecule has 1 aromatic carbocycles. The number of methoxy groups -OCH3 is 1. The van der Waals surface area contributed by atoms with E-state index in [9.17, 15) is 18.0 Å². The summed E-state index contributed by atoms with van der Waals surface area (Å²) in [4.78, 5) is 22.7. The van der Waals surface area contributed by atoms with Gasteiger partial charge in [0, 0.05) is 6.54 Å². The monoisotopic (exact) mass is 327 g/mol. The second-order valence-electron chi connectivity index (χ2n) is 5.08. The van der Waals surface area contributed by atoms with E-state index in [2.05, 4.69) is 4.74 Å². The molecule has 22 heavy (non-hydrogen) atoms. The van der Waals surface area contributed by atoms with Crippen LogP contribution in [-0.4, -0.2) is 49.5 Å². The number of nitrogens with zero attached hydrogens (tertiary/aromatic N) is 1. The third-order valence-electron chi connectivity index (χ3n) is 3.70. The zero-order chi connectivity index (χ0) is 16.5. The molecular formula is C14H17NO6S. The summed E-state index contributed by atoms with van der Waals surface area (Å²) in [5.41, 5.74) is 0.733. The Hall–Kier alpha value is -1.93. The molecule has 1 aromatic rings. The Balaban J connectivity index is 2.40. The van der Waals surface area contributed by atoms with E-state index < -0.39 is 28.0 Å². The summed E-state index contributed by atoms with van der Waals surface area (Å²) in [5, 5.41) is 9.13. The van der Waals surface area contributed by atoms with Crippen molar-refractivity contribution in [2.24, 2.45) is 0 Å². The van der Waals surface area contributed by atoms with Crippen molar-refractivity contribution in [3.63, 3.8) is 0 Å². The van der Waals surface area contributed by atoms with E-state index in [0.717, 1.165) is 4.31 Å². The number of sulfonamides is 1. The fraction of sp³-hybridized carbons (Fsp3) is 0.429. The largest absolute Gasteiger partial charge is 0.480 e. The third kappa shape index (κ3) is 2.84. The molecule has 0 spiro atoms. The van der Waals surface area contributed by atoms with Crippen LogP contribution in [0.25, 0.3) is 0 Å². The number of hydrogen-bond acceptors (Lipinski definition) is 5. The Labute approximate surface area is 128 Å². The van der Waals surface area contributed by atoms with Crippen molar-refractivity contribution in [1.82, 2.24) is 4.31 Å². The standard InChI is InChI=1S/C14H17NO6S/c1-9-8-10(5-6-11(9)14(18)21-2)22(19,20)15-7-3-4-12(15)13(16)17/h5-6,8,12H,3-4,7H2,1-2H3,(H,16,17)/t12-/m0/s1. The first-order valence-corrected chi connectivity index (χ1v) is 8.16. The summed E-state index contributed by atoms with van der Waals surface area (Å²) in [6.07, 6.45) is 0.809. The van der Waals surface area contributed by atoms with Crippen molar-refractivity contribution in [2.45, 2.75) is 30.7 Å². The molecule has 0 aliphatic carbocycles. The zero-order valence-corrected chi connectivity index (χ0v) is 13.1. The molecule has 2 rings (SSSR count). The van der Waals surface area contributed by atoms with Crippen LogP contribution in [0.15, 0.2) is 23.1 Å². The van der Waals surface area contributed by atoms with Gasteiger partial charge in [0.25, 0.3) is 0 Å². The SMILES string of the molecule is COC(=O)c1ccc(S(=O)(=O)N2CCC[C@H]2C(=O)O)cc1C. The van der Waals surface area contributed by atoms with E-state index in [1.165, 1.54) is 25.3 Å². The maximum Gasteiger partial charge on any atom is 0.338 e. The number of aliphatic carboxylic acids is 1. The van der Waals surface area contributed by atoms with E-state index in [0.29, 0.717) is 18.4 Å². The summed E-state index contributed by atoms with van der Waals surface area (Å²) in [6.45, 7) is 1.78. The van der Waals surface area contributed by atoms with Crippen LogP contribution in [0.3, 0.4) is 0 Å². The number of benzene rings is 1. The highest BCUT2D eigenvalue weighted by Gasteiger charge is 2.39. The first-order valence-electron chi connectivity index (χ1n) is 6.72. The van der Waals surface area contributed by atoms with Gasteiger partial charge in [-0.1, -0.05) is 0 Å². The highest BCUT2D eigenvalue weighted by Crippen LogP contribution is 2.27. The Morgan fingerprint density at radius 2 is 2.05 bits per heavy atom. The van der Waals surface area contributed by atoms with Crippen LogP contribution in [0.5, 0.6) is 0 Å². The highest BCUT2D eigenvalue weighted by atomic mass is 32.2. The average molecular weight is 327 g/mol. The molecule has 1 N–H and O–H groups in total. The molecule has 0 radical (unpaired) electrons. The molecule has 1 fully saturated rings. The summed E-state index contributed by atoms with van der Waals surface area (Å²) in [7, 11) is -2.66. The Bertz CT molecular complexity index is 712. The van der Waals surface area contributed by atoms with Crippen molar-refractivity contribution >= 4 is 22.0 Å². The fourth-order valence-electron chi connectivity index (χ4n) is 2.55.